The summed E-state index contributed by atoms with van der Waals surface area (Å²) in [7, 11) is 0. The van der Waals surface area contributed by atoms with Crippen LogP contribution in [-0.4, -0.2) is 0 Å². The zero-order valence-electron chi connectivity index (χ0n) is 11.2. The fraction of sp³-hybridized carbons (Fsp3) is 0.188. The number of ether oxygens (including phenoxy) is 1. The van der Waals surface area contributed by atoms with Crippen LogP contribution >= 0.6 is 0 Å². The lowest BCUT2D eigenvalue weighted by Gasteiger charge is -2.10. The maximum atomic E-state index is 5.87. The van der Waals surface area contributed by atoms with Gasteiger partial charge in [0.25, 0.3) is 6.23 Å². The molecule has 1 heterocycles. The van der Waals surface area contributed by atoms with E-state index in [4.69, 9.17) is 4.74 Å². The van der Waals surface area contributed by atoms with Crippen LogP contribution in [-0.2, 0) is 0 Å². The van der Waals surface area contributed by atoms with Gasteiger partial charge in [0.2, 0.25) is 0 Å². The molecule has 1 aromatic heterocycles. The molecular weight excluding hydrogens is 302 g/mol. The molecule has 2 nitrogen and oxygen atoms in total. The molecule has 0 aliphatic heterocycles. The Morgan fingerprint density at radius 1 is 1.11 bits per heavy atom. The Kier molecular flexibility index (Phi) is 5.77. The minimum absolute atomic E-state index is 0. The van der Waals surface area contributed by atoms with Crippen molar-refractivity contribution in [1.29, 1.82) is 0 Å². The van der Waals surface area contributed by atoms with E-state index in [1.807, 2.05) is 73.3 Å². The highest BCUT2D eigenvalue weighted by Gasteiger charge is 2.12. The molecule has 2 aromatic rings. The van der Waals surface area contributed by atoms with E-state index in [9.17, 15) is 0 Å². The molecule has 0 aliphatic carbocycles. The molecule has 1 aromatic carbocycles. The second kappa shape index (κ2) is 7.10. The summed E-state index contributed by atoms with van der Waals surface area (Å²) in [5.41, 5.74) is 2.20. The van der Waals surface area contributed by atoms with Gasteiger partial charge in [0.05, 0.1) is 0 Å². The van der Waals surface area contributed by atoms with Crippen LogP contribution in [0.4, 0.5) is 0 Å². The second-order valence-electron chi connectivity index (χ2n) is 4.34. The van der Waals surface area contributed by atoms with Gasteiger partial charge in [0.15, 0.2) is 12.4 Å². The van der Waals surface area contributed by atoms with E-state index < -0.39 is 0 Å². The van der Waals surface area contributed by atoms with Gasteiger partial charge in [-0.3, -0.25) is 0 Å². The number of hydrogen-bond donors (Lipinski definition) is 0. The fourth-order valence-corrected chi connectivity index (χ4v) is 1.73. The highest BCUT2D eigenvalue weighted by Crippen LogP contribution is 2.18. The normalized spacial score (nSPS) is 11.3. The van der Waals surface area contributed by atoms with Gasteiger partial charge in [0, 0.05) is 19.1 Å². The van der Waals surface area contributed by atoms with Crippen LogP contribution < -0.4 is 26.3 Å². The van der Waals surface area contributed by atoms with Crippen molar-refractivity contribution in [3.05, 3.63) is 67.0 Å². The molecular formula is C16H18BrNO. The van der Waals surface area contributed by atoms with Crippen LogP contribution in [0.15, 0.2) is 61.4 Å². The number of pyridine rings is 1. The molecule has 19 heavy (non-hydrogen) atoms. The Balaban J connectivity index is 0.00000180. The maximum Gasteiger partial charge on any atom is 0.298 e. The smallest absolute Gasteiger partial charge is 0.298 e. The van der Waals surface area contributed by atoms with Crippen molar-refractivity contribution in [3.63, 3.8) is 0 Å². The molecule has 0 fully saturated rings. The molecule has 2 rings (SSSR count). The largest absolute Gasteiger partial charge is 1.00 e. The highest BCUT2D eigenvalue weighted by molar-refractivity contribution is 5.61. The molecule has 3 heteroatoms. The number of rotatable bonds is 4. The van der Waals surface area contributed by atoms with E-state index >= 15 is 0 Å². The van der Waals surface area contributed by atoms with Gasteiger partial charge in [-0.05, 0) is 24.6 Å². The summed E-state index contributed by atoms with van der Waals surface area (Å²) in [5, 5.41) is 0. The van der Waals surface area contributed by atoms with Crippen LogP contribution in [0.1, 0.15) is 25.6 Å². The number of halogens is 1. The van der Waals surface area contributed by atoms with Crippen molar-refractivity contribution < 1.29 is 26.3 Å². The van der Waals surface area contributed by atoms with Gasteiger partial charge in [-0.1, -0.05) is 30.4 Å². The van der Waals surface area contributed by atoms with Crippen molar-refractivity contribution in [2.45, 2.75) is 20.1 Å². The average molecular weight is 320 g/mol. The van der Waals surface area contributed by atoms with Crippen LogP contribution in [0.2, 0.25) is 0 Å². The third kappa shape index (κ3) is 4.21. The number of allylic oxidation sites excluding steroid dienone is 1. The molecule has 1 unspecified atom stereocenters. The lowest BCUT2D eigenvalue weighted by Crippen LogP contribution is -3.00. The number of nitrogens with zero attached hydrogens (tertiary/aromatic N) is 1. The van der Waals surface area contributed by atoms with Gasteiger partial charge < -0.3 is 21.7 Å². The van der Waals surface area contributed by atoms with Crippen LogP contribution in [0.5, 0.6) is 5.75 Å². The van der Waals surface area contributed by atoms with Gasteiger partial charge in [-0.25, -0.2) is 0 Å². The molecule has 0 amide bonds. The topological polar surface area (TPSA) is 13.1 Å². The molecule has 0 N–H and O–H groups in total. The molecule has 0 saturated carbocycles. The first-order valence-electron chi connectivity index (χ1n) is 6.05. The minimum Gasteiger partial charge on any atom is -1.00 e. The third-order valence-electron chi connectivity index (χ3n) is 2.81. The maximum absolute atomic E-state index is 5.87. The Bertz CT molecular complexity index is 522. The Labute approximate surface area is 125 Å². The van der Waals surface area contributed by atoms with Crippen LogP contribution in [0.3, 0.4) is 0 Å². The average Bonchev–Trinajstić information content (AvgIpc) is 2.40. The van der Waals surface area contributed by atoms with Crippen LogP contribution in [0.25, 0.3) is 5.57 Å². The second-order valence-corrected chi connectivity index (χ2v) is 4.34. The first-order chi connectivity index (χ1) is 8.66. The quantitative estimate of drug-likeness (QED) is 0.753. The SMILES string of the molecule is C=C(C)c1ccc(OC(C)[n+]2ccccc2)cc1.[Br-]. The lowest BCUT2D eigenvalue weighted by atomic mass is 10.1. The van der Waals surface area contributed by atoms with Crippen molar-refractivity contribution in [3.8, 4) is 5.75 Å². The van der Waals surface area contributed by atoms with Gasteiger partial charge in [-0.2, -0.15) is 4.57 Å². The van der Waals surface area contributed by atoms with E-state index in [1.54, 1.807) is 0 Å². The predicted octanol–water partition coefficient (Wildman–Crippen LogP) is 0.609. The van der Waals surface area contributed by atoms with Crippen molar-refractivity contribution in [1.82, 2.24) is 0 Å². The molecule has 0 radical (unpaired) electrons. The molecule has 0 bridgehead atoms. The lowest BCUT2D eigenvalue weighted by molar-refractivity contribution is -0.750. The molecule has 0 spiro atoms. The van der Waals surface area contributed by atoms with Crippen molar-refractivity contribution in [2.24, 2.45) is 0 Å². The van der Waals surface area contributed by atoms with Gasteiger partial charge in [-0.15, -0.1) is 0 Å². The molecule has 0 saturated heterocycles. The molecule has 100 valence electrons. The summed E-state index contributed by atoms with van der Waals surface area (Å²) >= 11 is 0. The number of hydrogen-bond acceptors (Lipinski definition) is 1. The fourth-order valence-electron chi connectivity index (χ4n) is 1.73. The zero-order valence-corrected chi connectivity index (χ0v) is 12.8. The van der Waals surface area contributed by atoms with E-state index in [1.165, 1.54) is 0 Å². The minimum atomic E-state index is -0.0260. The molecule has 1 atom stereocenters. The predicted molar refractivity (Wildman–Crippen MR) is 73.1 cm³/mol. The Morgan fingerprint density at radius 2 is 1.68 bits per heavy atom. The summed E-state index contributed by atoms with van der Waals surface area (Å²) in [6, 6.07) is 14.0. The van der Waals surface area contributed by atoms with E-state index in [-0.39, 0.29) is 23.2 Å². The van der Waals surface area contributed by atoms with Gasteiger partial charge >= 0.3 is 0 Å². The van der Waals surface area contributed by atoms with E-state index in [2.05, 4.69) is 6.58 Å². The third-order valence-corrected chi connectivity index (χ3v) is 2.81. The first kappa shape index (κ1) is 15.4. The summed E-state index contributed by atoms with van der Waals surface area (Å²) in [6.07, 6.45) is 3.96. The first-order valence-corrected chi connectivity index (χ1v) is 6.05. The van der Waals surface area contributed by atoms with Crippen molar-refractivity contribution >= 4 is 5.57 Å². The monoisotopic (exact) mass is 319 g/mol. The number of aromatic nitrogens is 1. The summed E-state index contributed by atoms with van der Waals surface area (Å²) < 4.78 is 7.89. The Morgan fingerprint density at radius 3 is 2.21 bits per heavy atom. The van der Waals surface area contributed by atoms with Crippen molar-refractivity contribution in [2.75, 3.05) is 0 Å². The van der Waals surface area contributed by atoms with Crippen LogP contribution in [0, 0.1) is 0 Å². The standard InChI is InChI=1S/C16H18NO.BrH/c1-13(2)15-7-9-16(10-8-15)18-14(3)17-11-5-4-6-12-17;/h4-12,14H,1H2,2-3H3;1H/q+1;/p-1. The zero-order chi connectivity index (χ0) is 13.0. The highest BCUT2D eigenvalue weighted by atomic mass is 79.9. The van der Waals surface area contributed by atoms with Gasteiger partial charge in [0.1, 0.15) is 5.75 Å². The van der Waals surface area contributed by atoms with E-state index in [0.29, 0.717) is 0 Å². The van der Waals surface area contributed by atoms with E-state index in [0.717, 1.165) is 16.9 Å². The summed E-state index contributed by atoms with van der Waals surface area (Å²) in [5.74, 6) is 0.865. The Hall–Kier alpha value is -1.61. The summed E-state index contributed by atoms with van der Waals surface area (Å²) in [4.78, 5) is 0. The summed E-state index contributed by atoms with van der Waals surface area (Å²) in [6.45, 7) is 7.94. The molecule has 0 aliphatic rings. The number of benzene rings is 1.